The smallest absolute Gasteiger partial charge is 0.234 e. The molecule has 0 spiro atoms. The number of rotatable bonds is 6. The van der Waals surface area contributed by atoms with Crippen molar-refractivity contribution in [1.82, 2.24) is 9.88 Å². The number of nitrogens with zero attached hydrogens (tertiary/aromatic N) is 3. The molecule has 0 atom stereocenters. The van der Waals surface area contributed by atoms with Crippen molar-refractivity contribution in [3.8, 4) is 0 Å². The standard InChI is InChI=1S/C19H20BrClN4O2S/c20-14-2-1-3-16(10-14)23-18(26)12-28-13-19(27)25-8-6-24(7-9-25)17-5-4-15(21)11-22-17/h1-5,10-11H,6-9,12-13H2,(H,23,26). The number of thioether (sulfide) groups is 1. The van der Waals surface area contributed by atoms with Crippen molar-refractivity contribution < 1.29 is 9.59 Å². The van der Waals surface area contributed by atoms with Gasteiger partial charge in [-0.3, -0.25) is 9.59 Å². The summed E-state index contributed by atoms with van der Waals surface area (Å²) in [4.78, 5) is 32.7. The molecule has 0 saturated carbocycles. The Kier molecular flexibility index (Phi) is 7.58. The number of hydrogen-bond donors (Lipinski definition) is 1. The molecule has 2 heterocycles. The van der Waals surface area contributed by atoms with Gasteiger partial charge in [-0.05, 0) is 30.3 Å². The first-order chi connectivity index (χ1) is 13.5. The van der Waals surface area contributed by atoms with E-state index in [0.717, 1.165) is 29.1 Å². The number of amides is 2. The van der Waals surface area contributed by atoms with Crippen LogP contribution in [-0.2, 0) is 9.59 Å². The van der Waals surface area contributed by atoms with Crippen LogP contribution in [0.5, 0.6) is 0 Å². The quantitative estimate of drug-likeness (QED) is 0.681. The lowest BCUT2D eigenvalue weighted by Crippen LogP contribution is -2.49. The topological polar surface area (TPSA) is 65.5 Å². The molecule has 1 N–H and O–H groups in total. The first-order valence-electron chi connectivity index (χ1n) is 8.79. The highest BCUT2D eigenvalue weighted by atomic mass is 79.9. The van der Waals surface area contributed by atoms with Gasteiger partial charge in [-0.2, -0.15) is 0 Å². The summed E-state index contributed by atoms with van der Waals surface area (Å²) < 4.78 is 0.904. The van der Waals surface area contributed by atoms with E-state index in [4.69, 9.17) is 11.6 Å². The fraction of sp³-hybridized carbons (Fsp3) is 0.316. The van der Waals surface area contributed by atoms with E-state index in [1.54, 1.807) is 6.20 Å². The molecule has 1 aliphatic rings. The molecule has 1 saturated heterocycles. The van der Waals surface area contributed by atoms with Crippen molar-refractivity contribution in [2.45, 2.75) is 0 Å². The first-order valence-corrected chi connectivity index (χ1v) is 11.1. The third kappa shape index (κ3) is 6.12. The van der Waals surface area contributed by atoms with E-state index in [0.29, 0.717) is 23.9 Å². The Bertz CT molecular complexity index is 829. The maximum absolute atomic E-state index is 12.4. The van der Waals surface area contributed by atoms with Crippen LogP contribution in [0.15, 0.2) is 47.1 Å². The lowest BCUT2D eigenvalue weighted by molar-refractivity contribution is -0.128. The number of aromatic nitrogens is 1. The Morgan fingerprint density at radius 1 is 1.14 bits per heavy atom. The van der Waals surface area contributed by atoms with Gasteiger partial charge in [0.25, 0.3) is 0 Å². The van der Waals surface area contributed by atoms with E-state index in [1.165, 1.54) is 11.8 Å². The van der Waals surface area contributed by atoms with E-state index >= 15 is 0 Å². The van der Waals surface area contributed by atoms with Crippen molar-refractivity contribution in [2.24, 2.45) is 0 Å². The minimum absolute atomic E-state index is 0.0592. The van der Waals surface area contributed by atoms with Crippen LogP contribution in [0.3, 0.4) is 0 Å². The molecule has 1 aromatic carbocycles. The van der Waals surface area contributed by atoms with Gasteiger partial charge in [0, 0.05) is 42.5 Å². The molecular weight excluding hydrogens is 464 g/mol. The molecule has 0 unspecified atom stereocenters. The van der Waals surface area contributed by atoms with E-state index < -0.39 is 0 Å². The summed E-state index contributed by atoms with van der Waals surface area (Å²) in [6, 6.07) is 11.1. The summed E-state index contributed by atoms with van der Waals surface area (Å²) in [5, 5.41) is 3.44. The SMILES string of the molecule is O=C(CSCC(=O)N1CCN(c2ccc(Cl)cn2)CC1)Nc1cccc(Br)c1. The molecule has 148 valence electrons. The fourth-order valence-electron chi connectivity index (χ4n) is 2.83. The minimum atomic E-state index is -0.116. The second-order valence-corrected chi connectivity index (χ2v) is 8.59. The molecule has 0 radical (unpaired) electrons. The lowest BCUT2D eigenvalue weighted by Gasteiger charge is -2.35. The summed E-state index contributed by atoms with van der Waals surface area (Å²) >= 11 is 10.6. The maximum Gasteiger partial charge on any atom is 0.234 e. The number of carbonyl (C=O) groups excluding carboxylic acids is 2. The third-order valence-corrected chi connectivity index (χ3v) is 5.87. The summed E-state index contributed by atoms with van der Waals surface area (Å²) in [5.41, 5.74) is 0.734. The minimum Gasteiger partial charge on any atom is -0.353 e. The van der Waals surface area contributed by atoms with E-state index in [2.05, 4.69) is 31.1 Å². The zero-order chi connectivity index (χ0) is 19.9. The molecule has 1 aliphatic heterocycles. The highest BCUT2D eigenvalue weighted by Gasteiger charge is 2.22. The van der Waals surface area contributed by atoms with Gasteiger partial charge in [0.15, 0.2) is 0 Å². The highest BCUT2D eigenvalue weighted by Crippen LogP contribution is 2.18. The van der Waals surface area contributed by atoms with Gasteiger partial charge in [-0.25, -0.2) is 4.98 Å². The molecule has 2 aromatic rings. The van der Waals surface area contributed by atoms with Crippen molar-refractivity contribution in [3.63, 3.8) is 0 Å². The van der Waals surface area contributed by atoms with E-state index in [-0.39, 0.29) is 17.6 Å². The normalized spacial score (nSPS) is 14.1. The molecular formula is C19H20BrClN4O2S. The molecule has 0 aliphatic carbocycles. The number of benzene rings is 1. The fourth-order valence-corrected chi connectivity index (χ4v) is 4.05. The Balaban J connectivity index is 1.37. The Labute approximate surface area is 181 Å². The molecule has 0 bridgehead atoms. The average Bonchev–Trinajstić information content (AvgIpc) is 2.68. The zero-order valence-electron chi connectivity index (χ0n) is 15.1. The maximum atomic E-state index is 12.4. The summed E-state index contributed by atoms with van der Waals surface area (Å²) in [7, 11) is 0. The van der Waals surface area contributed by atoms with E-state index in [9.17, 15) is 9.59 Å². The summed E-state index contributed by atoms with van der Waals surface area (Å²) in [6.45, 7) is 2.75. The molecule has 6 nitrogen and oxygen atoms in total. The van der Waals surface area contributed by atoms with Crippen LogP contribution < -0.4 is 10.2 Å². The number of carbonyl (C=O) groups is 2. The van der Waals surface area contributed by atoms with E-state index in [1.807, 2.05) is 41.3 Å². The Morgan fingerprint density at radius 3 is 2.61 bits per heavy atom. The van der Waals surface area contributed by atoms with Gasteiger partial charge < -0.3 is 15.1 Å². The molecule has 1 aromatic heterocycles. The molecule has 9 heteroatoms. The van der Waals surface area contributed by atoms with Gasteiger partial charge in [0.05, 0.1) is 16.5 Å². The third-order valence-electron chi connectivity index (χ3n) is 4.24. The van der Waals surface area contributed by atoms with Crippen molar-refractivity contribution in [3.05, 3.63) is 52.1 Å². The largest absolute Gasteiger partial charge is 0.353 e. The lowest BCUT2D eigenvalue weighted by atomic mass is 10.3. The van der Waals surface area contributed by atoms with Crippen LogP contribution in [-0.4, -0.2) is 59.4 Å². The Hall–Kier alpha value is -1.77. The number of nitrogens with one attached hydrogen (secondary N) is 1. The molecule has 1 fully saturated rings. The van der Waals surface area contributed by atoms with Gasteiger partial charge in [0.1, 0.15) is 5.82 Å². The molecule has 28 heavy (non-hydrogen) atoms. The van der Waals surface area contributed by atoms with Crippen LogP contribution in [0.1, 0.15) is 0 Å². The van der Waals surface area contributed by atoms with Crippen LogP contribution in [0, 0.1) is 0 Å². The first kappa shape index (κ1) is 21.0. The van der Waals surface area contributed by atoms with Crippen molar-refractivity contribution in [2.75, 3.05) is 47.9 Å². The number of halogens is 2. The summed E-state index contributed by atoms with van der Waals surface area (Å²) in [5.74, 6) is 1.35. The predicted octanol–water partition coefficient (Wildman–Crippen LogP) is 3.52. The molecule has 2 amide bonds. The van der Waals surface area contributed by atoms with Crippen molar-refractivity contribution in [1.29, 1.82) is 0 Å². The summed E-state index contributed by atoms with van der Waals surface area (Å²) in [6.07, 6.45) is 1.63. The van der Waals surface area contributed by atoms with Crippen LogP contribution >= 0.6 is 39.3 Å². The van der Waals surface area contributed by atoms with Crippen LogP contribution in [0.25, 0.3) is 0 Å². The van der Waals surface area contributed by atoms with Gasteiger partial charge in [0.2, 0.25) is 11.8 Å². The Morgan fingerprint density at radius 2 is 1.93 bits per heavy atom. The van der Waals surface area contributed by atoms with Crippen molar-refractivity contribution >= 4 is 62.6 Å². The van der Waals surface area contributed by atoms with Crippen LogP contribution in [0.4, 0.5) is 11.5 Å². The van der Waals surface area contributed by atoms with Gasteiger partial charge in [-0.15, -0.1) is 11.8 Å². The second kappa shape index (κ2) is 10.1. The second-order valence-electron chi connectivity index (χ2n) is 6.25. The average molecular weight is 484 g/mol. The van der Waals surface area contributed by atoms with Gasteiger partial charge in [-0.1, -0.05) is 33.6 Å². The molecule has 3 rings (SSSR count). The number of anilines is 2. The number of piperazine rings is 1. The zero-order valence-corrected chi connectivity index (χ0v) is 18.3. The monoisotopic (exact) mass is 482 g/mol. The number of hydrogen-bond acceptors (Lipinski definition) is 5. The highest BCUT2D eigenvalue weighted by molar-refractivity contribution is 9.10. The predicted molar refractivity (Wildman–Crippen MR) is 118 cm³/mol. The van der Waals surface area contributed by atoms with Gasteiger partial charge >= 0.3 is 0 Å². The number of pyridine rings is 1. The van der Waals surface area contributed by atoms with Crippen LogP contribution in [0.2, 0.25) is 5.02 Å².